The molecular weight excluding hydrogens is 315 g/mol. The van der Waals surface area contributed by atoms with Gasteiger partial charge in [0.2, 0.25) is 0 Å². The van der Waals surface area contributed by atoms with E-state index < -0.39 is 0 Å². The van der Waals surface area contributed by atoms with Crippen LogP contribution in [0.1, 0.15) is 44.9 Å². The molecule has 1 aromatic rings. The Bertz CT molecular complexity index is 640. The van der Waals surface area contributed by atoms with E-state index in [9.17, 15) is 0 Å². The molecule has 0 aromatic carbocycles. The number of aromatic nitrogens is 1. The molecule has 118 valence electrons. The quantitative estimate of drug-likeness (QED) is 0.714. The van der Waals surface area contributed by atoms with E-state index >= 15 is 0 Å². The van der Waals surface area contributed by atoms with Gasteiger partial charge >= 0.3 is 0 Å². The average molecular weight is 337 g/mol. The van der Waals surface area contributed by atoms with Crippen LogP contribution in [0.3, 0.4) is 0 Å². The monoisotopic (exact) mass is 336 g/mol. The smallest absolute Gasteiger partial charge is 0.0461 e. The molecule has 0 atom stereocenters. The summed E-state index contributed by atoms with van der Waals surface area (Å²) < 4.78 is 2.20. The molecular formula is C18H22Cl2N2. The predicted octanol–water partition coefficient (Wildman–Crippen LogP) is 5.26. The molecule has 22 heavy (non-hydrogen) atoms. The number of fused-ring (bicyclic) bond motifs is 1. The van der Waals surface area contributed by atoms with Crippen molar-refractivity contribution < 1.29 is 0 Å². The minimum absolute atomic E-state index is 0.420. The Morgan fingerprint density at radius 1 is 0.818 bits per heavy atom. The summed E-state index contributed by atoms with van der Waals surface area (Å²) in [6, 6.07) is 0.903. The molecule has 0 N–H and O–H groups in total. The SMILES string of the molecule is CC(C)N1CC2=C(C1)C(/Cl)=C\c1cn(C(C)C)cc1/C=C\2Cl. The Balaban J connectivity index is 2.05. The van der Waals surface area contributed by atoms with Gasteiger partial charge in [0.15, 0.2) is 0 Å². The average Bonchev–Trinajstić information content (AvgIpc) is 3.02. The van der Waals surface area contributed by atoms with Crippen LogP contribution in [0.4, 0.5) is 0 Å². The van der Waals surface area contributed by atoms with Gasteiger partial charge in [-0.3, -0.25) is 4.90 Å². The summed E-state index contributed by atoms with van der Waals surface area (Å²) in [6.07, 6.45) is 8.44. The van der Waals surface area contributed by atoms with E-state index in [2.05, 4.69) is 61.7 Å². The van der Waals surface area contributed by atoms with Crippen LogP contribution in [0.15, 0.2) is 33.6 Å². The number of halogens is 2. The number of nitrogens with zero attached hydrogens (tertiary/aromatic N) is 2. The van der Waals surface area contributed by atoms with Gasteiger partial charge in [-0.15, -0.1) is 0 Å². The summed E-state index contributed by atoms with van der Waals surface area (Å²) >= 11 is 13.3. The molecule has 2 nitrogen and oxygen atoms in total. The van der Waals surface area contributed by atoms with E-state index in [4.69, 9.17) is 23.2 Å². The molecule has 1 aromatic heterocycles. The molecule has 0 amide bonds. The first-order valence-electron chi connectivity index (χ1n) is 7.79. The molecule has 1 aliphatic carbocycles. The molecule has 0 radical (unpaired) electrons. The lowest BCUT2D eigenvalue weighted by molar-refractivity contribution is 0.283. The van der Waals surface area contributed by atoms with E-state index in [0.29, 0.717) is 12.1 Å². The van der Waals surface area contributed by atoms with Gasteiger partial charge < -0.3 is 4.57 Å². The summed E-state index contributed by atoms with van der Waals surface area (Å²) in [6.45, 7) is 10.5. The normalized spacial score (nSPS) is 23.8. The topological polar surface area (TPSA) is 8.17 Å². The van der Waals surface area contributed by atoms with Gasteiger partial charge in [-0.05, 0) is 51.0 Å². The van der Waals surface area contributed by atoms with E-state index in [1.807, 2.05) is 0 Å². The minimum atomic E-state index is 0.420. The Morgan fingerprint density at radius 2 is 1.27 bits per heavy atom. The van der Waals surface area contributed by atoms with E-state index in [0.717, 1.165) is 34.3 Å². The molecule has 0 fully saturated rings. The minimum Gasteiger partial charge on any atom is -0.351 e. The third-order valence-corrected chi connectivity index (χ3v) is 5.14. The first-order chi connectivity index (χ1) is 10.4. The highest BCUT2D eigenvalue weighted by atomic mass is 35.5. The molecule has 2 heterocycles. The third-order valence-electron chi connectivity index (χ3n) is 4.46. The largest absolute Gasteiger partial charge is 0.351 e. The van der Waals surface area contributed by atoms with Gasteiger partial charge in [0, 0.05) is 58.8 Å². The predicted molar refractivity (Wildman–Crippen MR) is 96.2 cm³/mol. The van der Waals surface area contributed by atoms with Crippen LogP contribution in [0.5, 0.6) is 0 Å². The zero-order valence-electron chi connectivity index (χ0n) is 13.5. The molecule has 0 spiro atoms. The molecule has 1 aliphatic heterocycles. The van der Waals surface area contributed by atoms with Crippen molar-refractivity contribution in [2.24, 2.45) is 0 Å². The van der Waals surface area contributed by atoms with Crippen LogP contribution in [0.25, 0.3) is 12.2 Å². The molecule has 0 saturated carbocycles. The van der Waals surface area contributed by atoms with E-state index in [-0.39, 0.29) is 0 Å². The van der Waals surface area contributed by atoms with Crippen molar-refractivity contribution in [3.05, 3.63) is 44.7 Å². The molecule has 0 saturated heterocycles. The lowest BCUT2D eigenvalue weighted by Crippen LogP contribution is -2.29. The van der Waals surface area contributed by atoms with Gasteiger partial charge in [0.05, 0.1) is 0 Å². The van der Waals surface area contributed by atoms with Gasteiger partial charge in [-0.1, -0.05) is 23.2 Å². The lowest BCUT2D eigenvalue weighted by Gasteiger charge is -2.20. The standard InChI is InChI=1S/C18H22Cl2N2/c1-11(2)21-7-13-5-17(19)15-9-22(12(3)4)10-16(15)18(20)6-14(13)8-21/h5-8,11-12H,9-10H2,1-4H3/b17-5+,18-6+. The van der Waals surface area contributed by atoms with Gasteiger partial charge in [-0.25, -0.2) is 0 Å². The van der Waals surface area contributed by atoms with Gasteiger partial charge in [0.25, 0.3) is 0 Å². The highest BCUT2D eigenvalue weighted by Crippen LogP contribution is 2.38. The Morgan fingerprint density at radius 3 is 1.64 bits per heavy atom. The van der Waals surface area contributed by atoms with Gasteiger partial charge in [0.1, 0.15) is 0 Å². The molecule has 4 heteroatoms. The third kappa shape index (κ3) is 2.80. The first-order valence-corrected chi connectivity index (χ1v) is 8.55. The zero-order chi connectivity index (χ0) is 16.0. The van der Waals surface area contributed by atoms with Crippen LogP contribution in [0.2, 0.25) is 0 Å². The van der Waals surface area contributed by atoms with Crippen LogP contribution in [-0.4, -0.2) is 28.6 Å². The van der Waals surface area contributed by atoms with Crippen molar-refractivity contribution >= 4 is 35.4 Å². The molecule has 3 rings (SSSR count). The molecule has 0 unspecified atom stereocenters. The second-order valence-electron chi connectivity index (χ2n) is 6.65. The van der Waals surface area contributed by atoms with Crippen LogP contribution in [0, 0.1) is 0 Å². The lowest BCUT2D eigenvalue weighted by atomic mass is 10.0. The molecule has 0 bridgehead atoms. The summed E-state index contributed by atoms with van der Waals surface area (Å²) in [5.41, 5.74) is 4.59. The van der Waals surface area contributed by atoms with Crippen molar-refractivity contribution in [2.75, 3.05) is 13.1 Å². The van der Waals surface area contributed by atoms with E-state index in [1.165, 1.54) is 11.1 Å². The highest BCUT2D eigenvalue weighted by Gasteiger charge is 2.28. The van der Waals surface area contributed by atoms with Crippen LogP contribution >= 0.6 is 23.2 Å². The second kappa shape index (κ2) is 5.92. The fourth-order valence-electron chi connectivity index (χ4n) is 2.95. The number of rotatable bonds is 2. The van der Waals surface area contributed by atoms with Gasteiger partial charge in [-0.2, -0.15) is 0 Å². The van der Waals surface area contributed by atoms with Crippen molar-refractivity contribution in [1.29, 1.82) is 0 Å². The summed E-state index contributed by atoms with van der Waals surface area (Å²) in [5, 5.41) is 1.62. The first kappa shape index (κ1) is 15.9. The second-order valence-corrected chi connectivity index (χ2v) is 7.46. The zero-order valence-corrected chi connectivity index (χ0v) is 15.0. The summed E-state index contributed by atoms with van der Waals surface area (Å²) in [4.78, 5) is 2.39. The van der Waals surface area contributed by atoms with Crippen molar-refractivity contribution in [2.45, 2.75) is 39.8 Å². The summed E-state index contributed by atoms with van der Waals surface area (Å²) in [7, 11) is 0. The number of hydrogen-bond acceptors (Lipinski definition) is 1. The van der Waals surface area contributed by atoms with Crippen molar-refractivity contribution in [3.8, 4) is 0 Å². The Labute approximate surface area is 142 Å². The Hall–Kier alpha value is -0.960. The van der Waals surface area contributed by atoms with Crippen LogP contribution < -0.4 is 0 Å². The van der Waals surface area contributed by atoms with E-state index in [1.54, 1.807) is 0 Å². The van der Waals surface area contributed by atoms with Crippen LogP contribution in [-0.2, 0) is 0 Å². The maximum atomic E-state index is 6.63. The summed E-state index contributed by atoms with van der Waals surface area (Å²) in [5.74, 6) is 0. The maximum Gasteiger partial charge on any atom is 0.0461 e. The van der Waals surface area contributed by atoms with Crippen molar-refractivity contribution in [3.63, 3.8) is 0 Å². The highest BCUT2D eigenvalue weighted by molar-refractivity contribution is 6.37. The fourth-order valence-corrected chi connectivity index (χ4v) is 3.53. The number of hydrogen-bond donors (Lipinski definition) is 0. The fraction of sp³-hybridized carbons (Fsp3) is 0.444. The molecule has 2 aliphatic rings. The van der Waals surface area contributed by atoms with Crippen molar-refractivity contribution in [1.82, 2.24) is 9.47 Å². The Kier molecular flexibility index (Phi) is 4.28. The maximum absolute atomic E-state index is 6.63.